The lowest BCUT2D eigenvalue weighted by molar-refractivity contribution is -0.274. The summed E-state index contributed by atoms with van der Waals surface area (Å²) in [5.41, 5.74) is 1.93. The topological polar surface area (TPSA) is 87.7 Å². The lowest BCUT2D eigenvalue weighted by Crippen LogP contribution is -2.49. The van der Waals surface area contributed by atoms with Crippen LogP contribution >= 0.6 is 0 Å². The summed E-state index contributed by atoms with van der Waals surface area (Å²) in [4.78, 5) is 37.4. The van der Waals surface area contributed by atoms with E-state index in [2.05, 4.69) is 20.0 Å². The number of carbonyl (C=O) groups excluding carboxylic acids is 2. The van der Waals surface area contributed by atoms with E-state index in [9.17, 15) is 22.8 Å². The average molecular weight is 499 g/mol. The first-order valence-electron chi connectivity index (χ1n) is 11.3. The molecule has 0 radical (unpaired) electrons. The maximum atomic E-state index is 12.7. The van der Waals surface area contributed by atoms with Crippen LogP contribution in [-0.2, 0) is 22.4 Å². The van der Waals surface area contributed by atoms with Crippen LogP contribution in [0.2, 0.25) is 0 Å². The Bertz CT molecular complexity index is 1160. The molecule has 1 aliphatic rings. The normalized spacial score (nSPS) is 13.9. The Labute approximate surface area is 205 Å². The number of hydrogen-bond acceptors (Lipinski definition) is 6. The summed E-state index contributed by atoms with van der Waals surface area (Å²) >= 11 is 0. The maximum absolute atomic E-state index is 12.7. The van der Waals surface area contributed by atoms with Crippen molar-refractivity contribution in [2.45, 2.75) is 19.2 Å². The number of hydrogen-bond donors (Lipinski definition) is 1. The highest BCUT2D eigenvalue weighted by Crippen LogP contribution is 2.23. The second-order valence-corrected chi connectivity index (χ2v) is 8.21. The van der Waals surface area contributed by atoms with Gasteiger partial charge in [0.05, 0.1) is 12.8 Å². The molecule has 2 heterocycles. The third-order valence-corrected chi connectivity index (χ3v) is 5.58. The molecular formula is C25H24F3N5O3. The van der Waals surface area contributed by atoms with E-state index in [1.54, 1.807) is 42.7 Å². The molecule has 1 aromatic heterocycles. The van der Waals surface area contributed by atoms with Gasteiger partial charge in [-0.3, -0.25) is 9.59 Å². The minimum absolute atomic E-state index is 0.00741. The summed E-state index contributed by atoms with van der Waals surface area (Å²) in [7, 11) is 0. The summed E-state index contributed by atoms with van der Waals surface area (Å²) in [6.07, 6.45) is -1.13. The molecule has 3 aromatic rings. The van der Waals surface area contributed by atoms with Crippen molar-refractivity contribution in [3.63, 3.8) is 0 Å². The minimum atomic E-state index is -4.76. The lowest BCUT2D eigenvalue weighted by atomic mass is 10.1. The number of amides is 2. The first-order valence-corrected chi connectivity index (χ1v) is 11.3. The van der Waals surface area contributed by atoms with E-state index in [-0.39, 0.29) is 30.4 Å². The Morgan fingerprint density at radius 2 is 1.44 bits per heavy atom. The zero-order chi connectivity index (χ0) is 25.5. The van der Waals surface area contributed by atoms with Gasteiger partial charge in [0.2, 0.25) is 17.8 Å². The van der Waals surface area contributed by atoms with Gasteiger partial charge in [-0.05, 0) is 41.5 Å². The van der Waals surface area contributed by atoms with Crippen LogP contribution in [0.5, 0.6) is 5.75 Å². The van der Waals surface area contributed by atoms with Crippen LogP contribution in [0, 0.1) is 0 Å². The fraction of sp³-hybridized carbons (Fsp3) is 0.280. The number of rotatable bonds is 7. The SMILES string of the molecule is O=C(Cc1ccc(OC(F)(F)F)cc1)Nc1ccc(CC(=O)N2CCN(c3ncccn3)CC2)cc1. The summed E-state index contributed by atoms with van der Waals surface area (Å²) in [6, 6.07) is 13.9. The van der Waals surface area contributed by atoms with E-state index >= 15 is 0 Å². The van der Waals surface area contributed by atoms with E-state index in [4.69, 9.17) is 0 Å². The molecule has 188 valence electrons. The highest BCUT2D eigenvalue weighted by atomic mass is 19.4. The largest absolute Gasteiger partial charge is 0.573 e. The molecule has 36 heavy (non-hydrogen) atoms. The van der Waals surface area contributed by atoms with Gasteiger partial charge in [-0.2, -0.15) is 0 Å². The number of carbonyl (C=O) groups is 2. The van der Waals surface area contributed by atoms with E-state index in [0.29, 0.717) is 43.4 Å². The molecule has 0 aliphatic carbocycles. The van der Waals surface area contributed by atoms with Crippen molar-refractivity contribution >= 4 is 23.5 Å². The monoisotopic (exact) mass is 499 g/mol. The van der Waals surface area contributed by atoms with Crippen LogP contribution in [0.4, 0.5) is 24.8 Å². The quantitative estimate of drug-likeness (QED) is 0.536. The summed E-state index contributed by atoms with van der Waals surface area (Å²) in [5, 5.41) is 2.74. The number of anilines is 2. The molecular weight excluding hydrogens is 475 g/mol. The maximum Gasteiger partial charge on any atom is 0.573 e. The molecule has 0 saturated carbocycles. The molecule has 11 heteroatoms. The van der Waals surface area contributed by atoms with Crippen molar-refractivity contribution in [2.24, 2.45) is 0 Å². The Morgan fingerprint density at radius 1 is 0.861 bits per heavy atom. The number of benzene rings is 2. The third kappa shape index (κ3) is 7.17. The van der Waals surface area contributed by atoms with Gasteiger partial charge in [-0.25, -0.2) is 9.97 Å². The van der Waals surface area contributed by atoms with Crippen molar-refractivity contribution in [2.75, 3.05) is 36.4 Å². The van der Waals surface area contributed by atoms with Gasteiger partial charge < -0.3 is 19.9 Å². The number of nitrogens with zero attached hydrogens (tertiary/aromatic N) is 4. The van der Waals surface area contributed by atoms with Crippen LogP contribution in [-0.4, -0.2) is 59.2 Å². The number of ether oxygens (including phenoxy) is 1. The Balaban J connectivity index is 1.23. The summed E-state index contributed by atoms with van der Waals surface area (Å²) in [6.45, 7) is 2.51. The van der Waals surface area contributed by atoms with Gasteiger partial charge in [0.25, 0.3) is 0 Å². The predicted octanol–water partition coefficient (Wildman–Crippen LogP) is 3.45. The minimum Gasteiger partial charge on any atom is -0.406 e. The van der Waals surface area contributed by atoms with Crippen LogP contribution in [0.25, 0.3) is 0 Å². The van der Waals surface area contributed by atoms with E-state index in [0.717, 1.165) is 17.7 Å². The Morgan fingerprint density at radius 3 is 2.06 bits per heavy atom. The molecule has 1 N–H and O–H groups in total. The second-order valence-electron chi connectivity index (χ2n) is 8.21. The Kier molecular flexibility index (Phi) is 7.67. The molecule has 2 aromatic carbocycles. The number of nitrogens with one attached hydrogen (secondary N) is 1. The first kappa shape index (κ1) is 25.0. The van der Waals surface area contributed by atoms with Crippen LogP contribution < -0.4 is 15.0 Å². The van der Waals surface area contributed by atoms with Gasteiger partial charge >= 0.3 is 6.36 Å². The molecule has 1 saturated heterocycles. The van der Waals surface area contributed by atoms with Gasteiger partial charge in [0.15, 0.2) is 0 Å². The van der Waals surface area contributed by atoms with Crippen molar-refractivity contribution in [1.29, 1.82) is 0 Å². The lowest BCUT2D eigenvalue weighted by Gasteiger charge is -2.34. The van der Waals surface area contributed by atoms with Gasteiger partial charge in [-0.1, -0.05) is 24.3 Å². The highest BCUT2D eigenvalue weighted by molar-refractivity contribution is 5.92. The van der Waals surface area contributed by atoms with Gasteiger partial charge in [0, 0.05) is 44.3 Å². The predicted molar refractivity (Wildman–Crippen MR) is 126 cm³/mol. The Hall–Kier alpha value is -4.15. The molecule has 2 amide bonds. The second kappa shape index (κ2) is 11.1. The number of halogens is 3. The third-order valence-electron chi connectivity index (χ3n) is 5.58. The highest BCUT2D eigenvalue weighted by Gasteiger charge is 2.31. The number of piperazine rings is 1. The fourth-order valence-electron chi connectivity index (χ4n) is 3.80. The first-order chi connectivity index (χ1) is 17.2. The molecule has 1 fully saturated rings. The average Bonchev–Trinajstić information content (AvgIpc) is 2.86. The summed E-state index contributed by atoms with van der Waals surface area (Å²) in [5.74, 6) is 0.0283. The van der Waals surface area contributed by atoms with Crippen LogP contribution in [0.3, 0.4) is 0 Å². The molecule has 8 nitrogen and oxygen atoms in total. The summed E-state index contributed by atoms with van der Waals surface area (Å²) < 4.78 is 40.6. The molecule has 0 unspecified atom stereocenters. The zero-order valence-corrected chi connectivity index (χ0v) is 19.2. The number of aromatic nitrogens is 2. The van der Waals surface area contributed by atoms with Crippen molar-refractivity contribution in [1.82, 2.24) is 14.9 Å². The van der Waals surface area contributed by atoms with Crippen LogP contribution in [0.1, 0.15) is 11.1 Å². The van der Waals surface area contributed by atoms with Crippen molar-refractivity contribution in [3.8, 4) is 5.75 Å². The van der Waals surface area contributed by atoms with Gasteiger partial charge in [0.1, 0.15) is 5.75 Å². The number of alkyl halides is 3. The standard InChI is InChI=1S/C25H24F3N5O3/c26-25(27,28)36-21-8-4-18(5-9-21)16-22(34)31-20-6-2-19(3-7-20)17-23(35)32-12-14-33(15-13-32)24-29-10-1-11-30-24/h1-11H,12-17H2,(H,31,34). The van der Waals surface area contributed by atoms with Crippen molar-refractivity contribution < 1.29 is 27.5 Å². The fourth-order valence-corrected chi connectivity index (χ4v) is 3.80. The van der Waals surface area contributed by atoms with Crippen LogP contribution in [0.15, 0.2) is 67.0 Å². The molecule has 1 aliphatic heterocycles. The van der Waals surface area contributed by atoms with Crippen molar-refractivity contribution in [3.05, 3.63) is 78.1 Å². The smallest absolute Gasteiger partial charge is 0.406 e. The van der Waals surface area contributed by atoms with Gasteiger partial charge in [-0.15, -0.1) is 13.2 Å². The molecule has 4 rings (SSSR count). The van der Waals surface area contributed by atoms with E-state index in [1.807, 2.05) is 9.80 Å². The molecule has 0 spiro atoms. The molecule has 0 atom stereocenters. The van der Waals surface area contributed by atoms with E-state index < -0.39 is 6.36 Å². The molecule has 0 bridgehead atoms. The van der Waals surface area contributed by atoms with E-state index in [1.165, 1.54) is 12.1 Å². The zero-order valence-electron chi connectivity index (χ0n) is 19.2.